The van der Waals surface area contributed by atoms with Crippen molar-refractivity contribution in [3.63, 3.8) is 0 Å². The fourth-order valence-electron chi connectivity index (χ4n) is 3.38. The minimum Gasteiger partial charge on any atom is -0.493 e. The molecule has 2 amide bonds. The first-order valence-electron chi connectivity index (χ1n) is 12.3. The zero-order valence-electron chi connectivity index (χ0n) is 21.8. The summed E-state index contributed by atoms with van der Waals surface area (Å²) in [4.78, 5) is 36.6. The normalized spacial score (nSPS) is 11.4. The van der Waals surface area contributed by atoms with Gasteiger partial charge in [0, 0.05) is 23.9 Å². The Morgan fingerprint density at radius 1 is 0.878 bits per heavy atom. The van der Waals surface area contributed by atoms with Gasteiger partial charge in [0.1, 0.15) is 23.8 Å². The van der Waals surface area contributed by atoms with Crippen molar-refractivity contribution in [1.82, 2.24) is 10.6 Å². The Bertz CT molecular complexity index is 1360. The van der Waals surface area contributed by atoms with E-state index in [2.05, 4.69) is 15.4 Å². The van der Waals surface area contributed by atoms with Crippen LogP contribution in [0.3, 0.4) is 0 Å². The number of amides is 2. The number of hydrogen-bond donors (Lipinski definition) is 2. The molecule has 0 aliphatic carbocycles. The van der Waals surface area contributed by atoms with Gasteiger partial charge >= 0.3 is 12.3 Å². The molecule has 2 N–H and O–H groups in total. The molecule has 0 atom stereocenters. The maximum atomic E-state index is 12.9. The molecule has 0 heterocycles. The van der Waals surface area contributed by atoms with Crippen LogP contribution in [0.5, 0.6) is 11.5 Å². The maximum Gasteiger partial charge on any atom is 0.573 e. The van der Waals surface area contributed by atoms with Gasteiger partial charge in [0.25, 0.3) is 11.8 Å². The second-order valence-corrected chi connectivity index (χ2v) is 8.91. The molecular weight excluding hydrogens is 565 g/mol. The van der Waals surface area contributed by atoms with E-state index in [9.17, 15) is 27.6 Å². The van der Waals surface area contributed by atoms with Crippen LogP contribution in [0.2, 0.25) is 5.02 Å². The third kappa shape index (κ3) is 11.2. The molecule has 0 aliphatic heterocycles. The van der Waals surface area contributed by atoms with E-state index in [1.54, 1.807) is 24.3 Å². The summed E-state index contributed by atoms with van der Waals surface area (Å²) < 4.78 is 51.7. The average Bonchev–Trinajstić information content (AvgIpc) is 2.92. The van der Waals surface area contributed by atoms with Gasteiger partial charge < -0.3 is 24.8 Å². The van der Waals surface area contributed by atoms with E-state index >= 15 is 0 Å². The van der Waals surface area contributed by atoms with Crippen LogP contribution in [-0.4, -0.2) is 43.9 Å². The summed E-state index contributed by atoms with van der Waals surface area (Å²) in [5.41, 5.74) is 1.40. The Labute approximate surface area is 239 Å². The Kier molecular flexibility index (Phi) is 11.2. The molecule has 0 fully saturated rings. The standard InChI is InChI=1S/C29H26ClF3N2O6/c1-19(36)39-17-15-34-28(38)26(18-21-4-10-25(11-5-21)41-29(31,32)33)35-27(37)22-6-12-24(13-7-22)40-16-14-20-2-8-23(30)9-3-20/h2-13,18H,14-17H2,1H3,(H,34,38)(H,35,37)/b26-18-. The smallest absolute Gasteiger partial charge is 0.493 e. The molecule has 216 valence electrons. The van der Waals surface area contributed by atoms with E-state index in [1.165, 1.54) is 37.3 Å². The van der Waals surface area contributed by atoms with Crippen LogP contribution in [0.4, 0.5) is 13.2 Å². The van der Waals surface area contributed by atoms with Crippen LogP contribution in [0.15, 0.2) is 78.5 Å². The van der Waals surface area contributed by atoms with Crippen molar-refractivity contribution in [3.8, 4) is 11.5 Å². The van der Waals surface area contributed by atoms with Gasteiger partial charge in [0.05, 0.1) is 13.2 Å². The van der Waals surface area contributed by atoms with Gasteiger partial charge in [-0.2, -0.15) is 0 Å². The molecule has 8 nitrogen and oxygen atoms in total. The van der Waals surface area contributed by atoms with E-state index in [-0.39, 0.29) is 24.4 Å². The van der Waals surface area contributed by atoms with Crippen molar-refractivity contribution in [2.24, 2.45) is 0 Å². The number of nitrogens with one attached hydrogen (secondary N) is 2. The van der Waals surface area contributed by atoms with Crippen molar-refractivity contribution in [3.05, 3.63) is 100 Å². The molecule has 0 unspecified atom stereocenters. The van der Waals surface area contributed by atoms with Gasteiger partial charge in [-0.25, -0.2) is 0 Å². The molecule has 0 bridgehead atoms. The molecule has 41 heavy (non-hydrogen) atoms. The topological polar surface area (TPSA) is 103 Å². The Morgan fingerprint density at radius 3 is 2.12 bits per heavy atom. The Hall–Kier alpha value is -4.51. The zero-order valence-corrected chi connectivity index (χ0v) is 22.6. The van der Waals surface area contributed by atoms with Crippen LogP contribution < -0.4 is 20.1 Å². The van der Waals surface area contributed by atoms with Crippen molar-refractivity contribution in [1.29, 1.82) is 0 Å². The van der Waals surface area contributed by atoms with E-state index in [4.69, 9.17) is 21.1 Å². The highest BCUT2D eigenvalue weighted by molar-refractivity contribution is 6.30. The van der Waals surface area contributed by atoms with E-state index in [0.29, 0.717) is 29.4 Å². The predicted molar refractivity (Wildman–Crippen MR) is 145 cm³/mol. The second kappa shape index (κ2) is 14.8. The molecule has 0 radical (unpaired) electrons. The number of ether oxygens (including phenoxy) is 3. The SMILES string of the molecule is CC(=O)OCCNC(=O)/C(=C/c1ccc(OC(F)(F)F)cc1)NC(=O)c1ccc(OCCc2ccc(Cl)cc2)cc1. The van der Waals surface area contributed by atoms with Gasteiger partial charge in [0.15, 0.2) is 0 Å². The highest BCUT2D eigenvalue weighted by Gasteiger charge is 2.31. The van der Waals surface area contributed by atoms with Gasteiger partial charge in [0.2, 0.25) is 0 Å². The molecule has 0 aromatic heterocycles. The van der Waals surface area contributed by atoms with Crippen LogP contribution in [0.1, 0.15) is 28.4 Å². The van der Waals surface area contributed by atoms with E-state index in [0.717, 1.165) is 17.7 Å². The highest BCUT2D eigenvalue weighted by Crippen LogP contribution is 2.23. The third-order valence-electron chi connectivity index (χ3n) is 5.30. The van der Waals surface area contributed by atoms with Crippen molar-refractivity contribution < 1.29 is 41.8 Å². The fraction of sp³-hybridized carbons (Fsp3) is 0.207. The summed E-state index contributed by atoms with van der Waals surface area (Å²) >= 11 is 5.89. The molecule has 3 rings (SSSR count). The number of alkyl halides is 3. The fourth-order valence-corrected chi connectivity index (χ4v) is 3.51. The number of carbonyl (C=O) groups is 3. The van der Waals surface area contributed by atoms with Crippen LogP contribution in [0, 0.1) is 0 Å². The second-order valence-electron chi connectivity index (χ2n) is 8.47. The minimum atomic E-state index is -4.85. The molecule has 0 saturated carbocycles. The first-order chi connectivity index (χ1) is 19.5. The van der Waals surface area contributed by atoms with Crippen LogP contribution in [-0.2, 0) is 20.7 Å². The number of halogens is 4. The number of rotatable bonds is 12. The molecule has 3 aromatic rings. The van der Waals surface area contributed by atoms with Crippen molar-refractivity contribution >= 4 is 35.5 Å². The summed E-state index contributed by atoms with van der Waals surface area (Å²) in [7, 11) is 0. The third-order valence-corrected chi connectivity index (χ3v) is 5.55. The summed E-state index contributed by atoms with van der Waals surface area (Å²) in [6.45, 7) is 1.49. The van der Waals surface area contributed by atoms with E-state index in [1.807, 2.05) is 12.1 Å². The highest BCUT2D eigenvalue weighted by atomic mass is 35.5. The van der Waals surface area contributed by atoms with Crippen molar-refractivity contribution in [2.75, 3.05) is 19.8 Å². The number of esters is 1. The Balaban J connectivity index is 1.66. The lowest BCUT2D eigenvalue weighted by atomic mass is 10.1. The Morgan fingerprint density at radius 2 is 1.51 bits per heavy atom. The molecule has 3 aromatic carbocycles. The lowest BCUT2D eigenvalue weighted by Gasteiger charge is -2.12. The lowest BCUT2D eigenvalue weighted by Crippen LogP contribution is -2.36. The first kappa shape index (κ1) is 31.0. The summed E-state index contributed by atoms with van der Waals surface area (Å²) in [5, 5.41) is 5.67. The molecular formula is C29H26ClF3N2O6. The number of carbonyl (C=O) groups excluding carboxylic acids is 3. The molecule has 12 heteroatoms. The predicted octanol–water partition coefficient (Wildman–Crippen LogP) is 5.31. The molecule has 0 saturated heterocycles. The van der Waals surface area contributed by atoms with Gasteiger partial charge in [-0.15, -0.1) is 13.2 Å². The number of hydrogen-bond acceptors (Lipinski definition) is 6. The summed E-state index contributed by atoms with van der Waals surface area (Å²) in [6, 6.07) is 18.4. The first-order valence-corrected chi connectivity index (χ1v) is 12.6. The maximum absolute atomic E-state index is 12.9. The monoisotopic (exact) mass is 590 g/mol. The average molecular weight is 591 g/mol. The van der Waals surface area contributed by atoms with Crippen molar-refractivity contribution in [2.45, 2.75) is 19.7 Å². The summed E-state index contributed by atoms with van der Waals surface area (Å²) in [6.07, 6.45) is -2.91. The zero-order chi connectivity index (χ0) is 29.8. The van der Waals surface area contributed by atoms with Crippen LogP contribution in [0.25, 0.3) is 6.08 Å². The summed E-state index contributed by atoms with van der Waals surface area (Å²) in [5.74, 6) is -1.75. The van der Waals surface area contributed by atoms with Gasteiger partial charge in [-0.1, -0.05) is 35.9 Å². The quantitative estimate of drug-likeness (QED) is 0.168. The lowest BCUT2D eigenvalue weighted by molar-refractivity contribution is -0.274. The van der Waals surface area contributed by atoms with Gasteiger partial charge in [-0.3, -0.25) is 14.4 Å². The largest absolute Gasteiger partial charge is 0.573 e. The van der Waals surface area contributed by atoms with Crippen LogP contribution >= 0.6 is 11.6 Å². The van der Waals surface area contributed by atoms with E-state index < -0.39 is 29.9 Å². The number of benzene rings is 3. The molecule has 0 aliphatic rings. The minimum absolute atomic E-state index is 0.0357. The molecule has 0 spiro atoms. The van der Waals surface area contributed by atoms with Gasteiger partial charge in [-0.05, 0) is 65.7 Å².